The van der Waals surface area contributed by atoms with E-state index in [9.17, 15) is 19.8 Å². The van der Waals surface area contributed by atoms with Gasteiger partial charge in [0.05, 0.1) is 19.1 Å². The number of carbonyl (C=O) groups is 2. The molecule has 1 fully saturated rings. The van der Waals surface area contributed by atoms with E-state index in [0.29, 0.717) is 61.0 Å². The number of unbranched alkanes of at least 4 members (excludes halogenated alkanes) is 2. The monoisotopic (exact) mass is 582 g/mol. The highest BCUT2D eigenvalue weighted by atomic mass is 16.7. The Kier molecular flexibility index (Phi) is 9.74. The van der Waals surface area contributed by atoms with Gasteiger partial charge in [-0.25, -0.2) is 0 Å². The fourth-order valence-electron chi connectivity index (χ4n) is 6.45. The Morgan fingerprint density at radius 2 is 1.64 bits per heavy atom. The highest BCUT2D eigenvalue weighted by Crippen LogP contribution is 2.45. The second-order valence-corrected chi connectivity index (χ2v) is 11.3. The van der Waals surface area contributed by atoms with E-state index in [-0.39, 0.29) is 32.6 Å². The summed E-state index contributed by atoms with van der Waals surface area (Å²) in [5.74, 6) is 0.361. The number of fused-ring (bicyclic) bond motifs is 2. The van der Waals surface area contributed by atoms with Crippen molar-refractivity contribution in [3.63, 3.8) is 0 Å². The number of aliphatic carboxylic acids is 1. The molecule has 2 N–H and O–H groups in total. The minimum atomic E-state index is -0.908. The van der Waals surface area contributed by atoms with Gasteiger partial charge in [0.1, 0.15) is 0 Å². The van der Waals surface area contributed by atoms with Gasteiger partial charge in [-0.3, -0.25) is 14.5 Å². The van der Waals surface area contributed by atoms with Crippen LogP contribution in [0.4, 0.5) is 0 Å². The van der Waals surface area contributed by atoms with Crippen molar-refractivity contribution in [3.8, 4) is 23.0 Å². The van der Waals surface area contributed by atoms with E-state index in [1.807, 2.05) is 35.2 Å². The van der Waals surface area contributed by atoms with Crippen LogP contribution >= 0.6 is 0 Å². The molecule has 42 heavy (non-hydrogen) atoms. The van der Waals surface area contributed by atoms with Crippen molar-refractivity contribution >= 4 is 11.9 Å². The van der Waals surface area contributed by atoms with E-state index in [2.05, 4.69) is 18.7 Å². The molecule has 5 rings (SSSR count). The zero-order valence-corrected chi connectivity index (χ0v) is 24.5. The standard InChI is InChI=1S/C32H42N2O8/c1-3-5-12-33(13-6-4-2)28(36)17-34-16-24(22-14-23(18-35)31-27(15-22)40-20-42-31)29(32(37)38)25(34)11-10-21-8-7-9-26-30(21)41-19-39-26/h7-9,14-15,24-25,29,35H,3-6,10-13,16-20H2,1-2H3,(H,37,38)/t24-,25+,29-/m1/s1. The number of aryl methyl sites for hydroxylation is 1. The lowest BCUT2D eigenvalue weighted by atomic mass is 9.82. The normalized spacial score (nSPS) is 20.7. The highest BCUT2D eigenvalue weighted by Gasteiger charge is 2.47. The number of nitrogens with zero attached hydrogens (tertiary/aromatic N) is 2. The number of carbonyl (C=O) groups excluding carboxylic acids is 1. The number of aliphatic hydroxyl groups is 1. The van der Waals surface area contributed by atoms with E-state index in [0.717, 1.165) is 36.8 Å². The number of amides is 1. The Labute approximate surface area is 247 Å². The minimum Gasteiger partial charge on any atom is -0.481 e. The third-order valence-electron chi connectivity index (χ3n) is 8.65. The summed E-state index contributed by atoms with van der Waals surface area (Å²) in [6.07, 6.45) is 4.97. The molecule has 0 bridgehead atoms. The summed E-state index contributed by atoms with van der Waals surface area (Å²) >= 11 is 0. The average molecular weight is 583 g/mol. The topological polar surface area (TPSA) is 118 Å². The number of likely N-dealkylation sites (tertiary alicyclic amines) is 1. The molecule has 10 nitrogen and oxygen atoms in total. The number of hydrogen-bond acceptors (Lipinski definition) is 8. The van der Waals surface area contributed by atoms with Crippen molar-refractivity contribution in [1.82, 2.24) is 9.80 Å². The lowest BCUT2D eigenvalue weighted by Crippen LogP contribution is -2.44. The second-order valence-electron chi connectivity index (χ2n) is 11.3. The van der Waals surface area contributed by atoms with Gasteiger partial charge in [-0.2, -0.15) is 0 Å². The van der Waals surface area contributed by atoms with E-state index in [1.165, 1.54) is 0 Å². The van der Waals surface area contributed by atoms with Crippen LogP contribution < -0.4 is 18.9 Å². The van der Waals surface area contributed by atoms with Crippen LogP contribution in [-0.2, 0) is 22.6 Å². The molecule has 2 aromatic carbocycles. The van der Waals surface area contributed by atoms with E-state index in [4.69, 9.17) is 18.9 Å². The minimum absolute atomic E-state index is 0.0331. The van der Waals surface area contributed by atoms with Gasteiger partial charge in [-0.05, 0) is 55.0 Å². The number of ether oxygens (including phenoxy) is 4. The maximum absolute atomic E-state index is 13.7. The van der Waals surface area contributed by atoms with E-state index in [1.54, 1.807) is 0 Å². The largest absolute Gasteiger partial charge is 0.481 e. The number of carboxylic acids is 1. The Hall–Kier alpha value is -3.50. The molecule has 3 heterocycles. The van der Waals surface area contributed by atoms with Crippen molar-refractivity contribution in [1.29, 1.82) is 0 Å². The third kappa shape index (κ3) is 6.29. The van der Waals surface area contributed by atoms with Crippen LogP contribution in [0.2, 0.25) is 0 Å². The summed E-state index contributed by atoms with van der Waals surface area (Å²) in [5, 5.41) is 20.6. The summed E-state index contributed by atoms with van der Waals surface area (Å²) in [5.41, 5.74) is 2.29. The lowest BCUT2D eigenvalue weighted by Gasteiger charge is -2.30. The van der Waals surface area contributed by atoms with Gasteiger partial charge >= 0.3 is 5.97 Å². The van der Waals surface area contributed by atoms with Crippen LogP contribution in [0.5, 0.6) is 23.0 Å². The summed E-state index contributed by atoms with van der Waals surface area (Å²) in [4.78, 5) is 30.6. The summed E-state index contributed by atoms with van der Waals surface area (Å²) in [7, 11) is 0. The van der Waals surface area contributed by atoms with Crippen LogP contribution in [0, 0.1) is 5.92 Å². The number of aliphatic hydroxyl groups excluding tert-OH is 1. The van der Waals surface area contributed by atoms with Crippen molar-refractivity contribution < 1.29 is 38.7 Å². The maximum Gasteiger partial charge on any atom is 0.308 e. The maximum atomic E-state index is 13.7. The molecule has 1 saturated heterocycles. The molecule has 0 unspecified atom stereocenters. The molecule has 0 aromatic heterocycles. The predicted molar refractivity (Wildman–Crippen MR) is 155 cm³/mol. The fourth-order valence-corrected chi connectivity index (χ4v) is 6.45. The Morgan fingerprint density at radius 3 is 2.31 bits per heavy atom. The van der Waals surface area contributed by atoms with Gasteiger partial charge in [-0.15, -0.1) is 0 Å². The Morgan fingerprint density at radius 1 is 0.952 bits per heavy atom. The molecule has 2 aromatic rings. The summed E-state index contributed by atoms with van der Waals surface area (Å²) in [6.45, 7) is 6.16. The quantitative estimate of drug-likeness (QED) is 0.338. The third-order valence-corrected chi connectivity index (χ3v) is 8.65. The van der Waals surface area contributed by atoms with Crippen molar-refractivity contribution in [2.45, 2.75) is 70.9 Å². The summed E-state index contributed by atoms with van der Waals surface area (Å²) in [6, 6.07) is 9.01. The molecule has 10 heteroatoms. The number of benzene rings is 2. The number of hydrogen-bond donors (Lipinski definition) is 2. The highest BCUT2D eigenvalue weighted by molar-refractivity contribution is 5.79. The van der Waals surface area contributed by atoms with Crippen molar-refractivity contribution in [3.05, 3.63) is 47.0 Å². The first kappa shape index (κ1) is 30.0. The van der Waals surface area contributed by atoms with Crippen LogP contribution in [0.3, 0.4) is 0 Å². The lowest BCUT2D eigenvalue weighted by molar-refractivity contribution is -0.143. The van der Waals surface area contributed by atoms with Crippen LogP contribution in [0.25, 0.3) is 0 Å². The predicted octanol–water partition coefficient (Wildman–Crippen LogP) is 4.17. The molecule has 0 spiro atoms. The van der Waals surface area contributed by atoms with Gasteiger partial charge in [0, 0.05) is 37.2 Å². The summed E-state index contributed by atoms with van der Waals surface area (Å²) < 4.78 is 22.4. The van der Waals surface area contributed by atoms with Gasteiger partial charge in [0.2, 0.25) is 19.5 Å². The van der Waals surface area contributed by atoms with Crippen molar-refractivity contribution in [2.24, 2.45) is 5.92 Å². The first-order chi connectivity index (χ1) is 20.4. The van der Waals surface area contributed by atoms with Crippen LogP contribution in [0.15, 0.2) is 30.3 Å². The first-order valence-electron chi connectivity index (χ1n) is 15.1. The molecule has 1 amide bonds. The van der Waals surface area contributed by atoms with Gasteiger partial charge < -0.3 is 34.1 Å². The molecule has 0 aliphatic carbocycles. The van der Waals surface area contributed by atoms with Gasteiger partial charge in [-0.1, -0.05) is 38.8 Å². The Balaban J connectivity index is 1.45. The first-order valence-corrected chi connectivity index (χ1v) is 15.1. The molecule has 3 atom stereocenters. The van der Waals surface area contributed by atoms with Crippen LogP contribution in [0.1, 0.15) is 68.6 Å². The number of para-hydroxylation sites is 1. The number of carboxylic acid groups (broad SMARTS) is 1. The van der Waals surface area contributed by atoms with Crippen molar-refractivity contribution in [2.75, 3.05) is 39.8 Å². The SMILES string of the molecule is CCCCN(CCCC)C(=O)CN1C[C@H](c2cc(CO)c3c(c2)OCO3)[C@@H](C(=O)O)[C@@H]1CCc1cccc2c1OCO2. The fraction of sp³-hybridized carbons (Fsp3) is 0.562. The molecular weight excluding hydrogens is 540 g/mol. The zero-order chi connectivity index (χ0) is 29.6. The van der Waals surface area contributed by atoms with Gasteiger partial charge in [0.15, 0.2) is 23.0 Å². The molecule has 3 aliphatic heterocycles. The molecule has 228 valence electrons. The van der Waals surface area contributed by atoms with E-state index >= 15 is 0 Å². The Bertz CT molecular complexity index is 1260. The molecule has 0 saturated carbocycles. The van der Waals surface area contributed by atoms with Crippen LogP contribution in [-0.4, -0.2) is 77.7 Å². The van der Waals surface area contributed by atoms with E-state index < -0.39 is 23.8 Å². The average Bonchev–Trinajstić information content (AvgIpc) is 3.74. The smallest absolute Gasteiger partial charge is 0.308 e. The zero-order valence-electron chi connectivity index (χ0n) is 24.5. The molecule has 0 radical (unpaired) electrons. The molecule has 3 aliphatic rings. The molecular formula is C32H42N2O8. The second kappa shape index (κ2) is 13.6. The van der Waals surface area contributed by atoms with Gasteiger partial charge in [0.25, 0.3) is 0 Å². The number of rotatable bonds is 14.